The Morgan fingerprint density at radius 2 is 2.07 bits per heavy atom. The molecular weight excluding hydrogens is 398 g/mol. The molecule has 29 heavy (non-hydrogen) atoms. The molecule has 0 saturated carbocycles. The number of amidine groups is 1. The van der Waals surface area contributed by atoms with Crippen molar-refractivity contribution in [1.29, 1.82) is 0 Å². The van der Waals surface area contributed by atoms with Crippen LogP contribution in [0.1, 0.15) is 15.9 Å². The van der Waals surface area contributed by atoms with Gasteiger partial charge in [-0.25, -0.2) is 9.79 Å². The van der Waals surface area contributed by atoms with Crippen molar-refractivity contribution in [2.75, 3.05) is 14.2 Å². The van der Waals surface area contributed by atoms with Crippen molar-refractivity contribution >= 4 is 46.3 Å². The van der Waals surface area contributed by atoms with Gasteiger partial charge >= 0.3 is 11.7 Å². The third kappa shape index (κ3) is 4.27. The highest BCUT2D eigenvalue weighted by atomic mass is 32.2. The lowest BCUT2D eigenvalue weighted by molar-refractivity contribution is -0.385. The summed E-state index contributed by atoms with van der Waals surface area (Å²) < 4.78 is 4.98. The van der Waals surface area contributed by atoms with Crippen molar-refractivity contribution in [3.63, 3.8) is 0 Å². The van der Waals surface area contributed by atoms with Crippen molar-refractivity contribution in [2.45, 2.75) is 0 Å². The minimum Gasteiger partial charge on any atom is -0.490 e. The standard InChI is InChI=1S/C19H15N3O6S/c1-21-17(23)16(9-11-6-7-15(28-2)14(8-11)22(26)27)29-19(21)20-13-5-3-4-12(10-13)18(24)25/h3-10H,1-2H3,(H,24,25)/b16-9+,20-19?. The van der Waals surface area contributed by atoms with E-state index in [1.54, 1.807) is 25.2 Å². The fraction of sp³-hybridized carbons (Fsp3) is 0.105. The number of nitro benzene ring substituents is 1. The number of ether oxygens (including phenoxy) is 1. The fourth-order valence-electron chi connectivity index (χ4n) is 2.56. The molecule has 1 amide bonds. The molecule has 1 N–H and O–H groups in total. The smallest absolute Gasteiger partial charge is 0.335 e. The number of carboxylic acids is 1. The van der Waals surface area contributed by atoms with Crippen LogP contribution in [-0.4, -0.2) is 46.1 Å². The molecule has 148 valence electrons. The highest BCUT2D eigenvalue weighted by Gasteiger charge is 2.30. The Kier molecular flexibility index (Phi) is 5.64. The van der Waals surface area contributed by atoms with Crippen LogP contribution in [0.3, 0.4) is 0 Å². The van der Waals surface area contributed by atoms with Crippen LogP contribution in [-0.2, 0) is 4.79 Å². The Morgan fingerprint density at radius 1 is 1.31 bits per heavy atom. The highest BCUT2D eigenvalue weighted by molar-refractivity contribution is 8.18. The number of aliphatic imine (C=N–C) groups is 1. The molecular formula is C19H15N3O6S. The van der Waals surface area contributed by atoms with Gasteiger partial charge in [-0.15, -0.1) is 0 Å². The average Bonchev–Trinajstić information content (AvgIpc) is 2.96. The van der Waals surface area contributed by atoms with Crippen LogP contribution in [0.5, 0.6) is 5.75 Å². The first-order valence-corrected chi connectivity index (χ1v) is 9.04. The average molecular weight is 413 g/mol. The van der Waals surface area contributed by atoms with Crippen LogP contribution in [0.15, 0.2) is 52.4 Å². The summed E-state index contributed by atoms with van der Waals surface area (Å²) in [5.74, 6) is -1.26. The summed E-state index contributed by atoms with van der Waals surface area (Å²) in [4.78, 5) is 40.3. The number of methoxy groups -OCH3 is 1. The summed E-state index contributed by atoms with van der Waals surface area (Å²) in [5.41, 5.74) is 0.749. The van der Waals surface area contributed by atoms with Gasteiger partial charge in [-0.3, -0.25) is 19.8 Å². The van der Waals surface area contributed by atoms with Gasteiger partial charge in [0.15, 0.2) is 10.9 Å². The zero-order valence-electron chi connectivity index (χ0n) is 15.4. The van der Waals surface area contributed by atoms with Crippen LogP contribution in [0.2, 0.25) is 0 Å². The van der Waals surface area contributed by atoms with Gasteiger partial charge in [0, 0.05) is 13.1 Å². The Hall–Kier alpha value is -3.66. The van der Waals surface area contributed by atoms with Gasteiger partial charge in [-0.2, -0.15) is 0 Å². The molecule has 1 aliphatic heterocycles. The highest BCUT2D eigenvalue weighted by Crippen LogP contribution is 2.35. The molecule has 0 unspecified atom stereocenters. The molecule has 0 radical (unpaired) electrons. The second-order valence-electron chi connectivity index (χ2n) is 5.91. The zero-order chi connectivity index (χ0) is 21.1. The number of nitro groups is 1. The number of hydrogen-bond donors (Lipinski definition) is 1. The Labute approximate surface area is 169 Å². The summed E-state index contributed by atoms with van der Waals surface area (Å²) in [7, 11) is 2.89. The Balaban J connectivity index is 1.93. The number of rotatable bonds is 5. The Bertz CT molecular complexity index is 1080. The number of carboxylic acid groups (broad SMARTS) is 1. The largest absolute Gasteiger partial charge is 0.490 e. The minimum atomic E-state index is -1.07. The zero-order valence-corrected chi connectivity index (χ0v) is 16.2. The molecule has 9 nitrogen and oxygen atoms in total. The van der Waals surface area contributed by atoms with Gasteiger partial charge in [0.05, 0.1) is 28.2 Å². The van der Waals surface area contributed by atoms with Crippen molar-refractivity contribution in [2.24, 2.45) is 4.99 Å². The van der Waals surface area contributed by atoms with Crippen LogP contribution < -0.4 is 4.74 Å². The van der Waals surface area contributed by atoms with Crippen molar-refractivity contribution in [3.05, 3.63) is 68.6 Å². The SMILES string of the molecule is COc1ccc(/C=C2/SC(=Nc3cccc(C(=O)O)c3)N(C)C2=O)cc1[N+](=O)[O-]. The maximum Gasteiger partial charge on any atom is 0.335 e. The fourth-order valence-corrected chi connectivity index (χ4v) is 3.55. The van der Waals surface area contributed by atoms with Gasteiger partial charge in [0.2, 0.25) is 0 Å². The number of carbonyl (C=O) groups is 2. The summed E-state index contributed by atoms with van der Waals surface area (Å²) >= 11 is 1.09. The molecule has 2 aromatic rings. The van der Waals surface area contributed by atoms with E-state index in [1.165, 1.54) is 42.4 Å². The molecule has 3 rings (SSSR count). The van der Waals surface area contributed by atoms with E-state index >= 15 is 0 Å². The number of hydrogen-bond acceptors (Lipinski definition) is 7. The van der Waals surface area contributed by atoms with Crippen LogP contribution >= 0.6 is 11.8 Å². The first kappa shape index (κ1) is 20.1. The first-order chi connectivity index (χ1) is 13.8. The lowest BCUT2D eigenvalue weighted by atomic mass is 10.1. The molecule has 0 spiro atoms. The third-order valence-corrected chi connectivity index (χ3v) is 5.08. The molecule has 1 fully saturated rings. The lowest BCUT2D eigenvalue weighted by Gasteiger charge is -2.07. The van der Waals surface area contributed by atoms with E-state index in [4.69, 9.17) is 9.84 Å². The molecule has 0 aliphatic carbocycles. The predicted molar refractivity (Wildman–Crippen MR) is 108 cm³/mol. The van der Waals surface area contributed by atoms with Crippen molar-refractivity contribution in [1.82, 2.24) is 4.90 Å². The van der Waals surface area contributed by atoms with E-state index in [9.17, 15) is 19.7 Å². The lowest BCUT2D eigenvalue weighted by Crippen LogP contribution is -2.23. The summed E-state index contributed by atoms with van der Waals surface area (Å²) in [6.07, 6.45) is 1.53. The number of amides is 1. The maximum atomic E-state index is 12.5. The van der Waals surface area contributed by atoms with Crippen molar-refractivity contribution < 1.29 is 24.4 Å². The normalized spacial score (nSPS) is 16.5. The molecule has 2 aromatic carbocycles. The molecule has 1 saturated heterocycles. The number of aromatic carboxylic acids is 1. The number of carbonyl (C=O) groups excluding carboxylic acids is 1. The van der Waals surface area contributed by atoms with Crippen LogP contribution in [0, 0.1) is 10.1 Å². The molecule has 0 atom stereocenters. The minimum absolute atomic E-state index is 0.0881. The van der Waals surface area contributed by atoms with Gasteiger partial charge in [-0.05, 0) is 47.7 Å². The summed E-state index contributed by atoms with van der Waals surface area (Å²) in [5, 5.41) is 20.6. The number of thioether (sulfide) groups is 1. The number of nitrogens with zero attached hydrogens (tertiary/aromatic N) is 3. The predicted octanol–water partition coefficient (Wildman–Crippen LogP) is 3.54. The molecule has 10 heteroatoms. The number of likely N-dealkylation sites (N-methyl/N-ethyl adjacent to an activating group) is 1. The summed E-state index contributed by atoms with van der Waals surface area (Å²) in [6, 6.07) is 10.5. The Morgan fingerprint density at radius 3 is 2.72 bits per heavy atom. The molecule has 1 heterocycles. The maximum absolute atomic E-state index is 12.5. The van der Waals surface area contributed by atoms with Gasteiger partial charge in [0.25, 0.3) is 5.91 Å². The van der Waals surface area contributed by atoms with E-state index in [-0.39, 0.29) is 22.9 Å². The van der Waals surface area contributed by atoms with Gasteiger partial charge in [-0.1, -0.05) is 12.1 Å². The second-order valence-corrected chi connectivity index (χ2v) is 6.92. The van der Waals surface area contributed by atoms with E-state index in [2.05, 4.69) is 4.99 Å². The van der Waals surface area contributed by atoms with E-state index in [0.717, 1.165) is 11.8 Å². The molecule has 0 bridgehead atoms. The molecule has 1 aliphatic rings. The van der Waals surface area contributed by atoms with Crippen LogP contribution in [0.4, 0.5) is 11.4 Å². The third-order valence-electron chi connectivity index (χ3n) is 4.02. The van der Waals surface area contributed by atoms with E-state index in [0.29, 0.717) is 21.3 Å². The van der Waals surface area contributed by atoms with Gasteiger partial charge < -0.3 is 9.84 Å². The topological polar surface area (TPSA) is 122 Å². The first-order valence-electron chi connectivity index (χ1n) is 8.22. The monoisotopic (exact) mass is 413 g/mol. The van der Waals surface area contributed by atoms with E-state index < -0.39 is 10.9 Å². The number of benzene rings is 2. The van der Waals surface area contributed by atoms with Crippen LogP contribution in [0.25, 0.3) is 6.08 Å². The van der Waals surface area contributed by atoms with Crippen molar-refractivity contribution in [3.8, 4) is 5.75 Å². The second kappa shape index (κ2) is 8.15. The van der Waals surface area contributed by atoms with E-state index in [1.807, 2.05) is 0 Å². The molecule has 0 aromatic heterocycles. The quantitative estimate of drug-likeness (QED) is 0.452. The summed E-state index contributed by atoms with van der Waals surface area (Å²) in [6.45, 7) is 0. The van der Waals surface area contributed by atoms with Gasteiger partial charge in [0.1, 0.15) is 0 Å².